The Kier molecular flexibility index (Phi) is 3.30. The lowest BCUT2D eigenvalue weighted by molar-refractivity contribution is 0.0930. The second-order valence-corrected chi connectivity index (χ2v) is 5.56. The van der Waals surface area contributed by atoms with Gasteiger partial charge in [0.05, 0.1) is 17.3 Å². The van der Waals surface area contributed by atoms with Gasteiger partial charge in [-0.1, -0.05) is 0 Å². The number of H-pyrrole nitrogens is 1. The molecule has 0 spiro atoms. The van der Waals surface area contributed by atoms with Crippen molar-refractivity contribution in [1.29, 1.82) is 0 Å². The van der Waals surface area contributed by atoms with Crippen molar-refractivity contribution < 1.29 is 4.79 Å². The number of carbonyl (C=O) groups excluding carboxylic acids is 1. The molecule has 4 heteroatoms. The Morgan fingerprint density at radius 1 is 1.40 bits per heavy atom. The second-order valence-electron chi connectivity index (χ2n) is 5.56. The Hall–Kier alpha value is -2.10. The van der Waals surface area contributed by atoms with Crippen molar-refractivity contribution in [2.75, 3.05) is 0 Å². The third kappa shape index (κ3) is 2.59. The van der Waals surface area contributed by atoms with Crippen molar-refractivity contribution in [3.63, 3.8) is 0 Å². The molecule has 104 valence electrons. The van der Waals surface area contributed by atoms with Gasteiger partial charge < -0.3 is 10.3 Å². The summed E-state index contributed by atoms with van der Waals surface area (Å²) in [6.45, 7) is 3.96. The normalized spacial score (nSPS) is 15.9. The molecule has 1 amide bonds. The van der Waals surface area contributed by atoms with Crippen LogP contribution in [-0.4, -0.2) is 15.9 Å². The van der Waals surface area contributed by atoms with Crippen LogP contribution in [0.25, 0.3) is 0 Å². The maximum atomic E-state index is 12.4. The summed E-state index contributed by atoms with van der Waals surface area (Å²) in [4.78, 5) is 19.8. The van der Waals surface area contributed by atoms with Gasteiger partial charge in [-0.05, 0) is 56.4 Å². The third-order valence-electron chi connectivity index (χ3n) is 3.83. The molecule has 3 rings (SSSR count). The van der Waals surface area contributed by atoms with E-state index in [2.05, 4.69) is 21.4 Å². The molecule has 1 atom stereocenters. The van der Waals surface area contributed by atoms with Gasteiger partial charge in [-0.2, -0.15) is 0 Å². The standard InChI is InChI=1S/C16H19N3O/c1-10-5-7-18-14(9-10)15(12-3-4-12)19-16(20)13-6-8-17-11(13)2/h5-9,12,15,17H,3-4H2,1-2H3,(H,19,20). The highest BCUT2D eigenvalue weighted by atomic mass is 16.1. The molecule has 0 aliphatic heterocycles. The highest BCUT2D eigenvalue weighted by Gasteiger charge is 2.34. The minimum Gasteiger partial charge on any atom is -0.365 e. The van der Waals surface area contributed by atoms with Crippen LogP contribution >= 0.6 is 0 Å². The van der Waals surface area contributed by atoms with Gasteiger partial charge in [-0.25, -0.2) is 0 Å². The van der Waals surface area contributed by atoms with Crippen LogP contribution in [0.3, 0.4) is 0 Å². The summed E-state index contributed by atoms with van der Waals surface area (Å²) >= 11 is 0. The molecule has 0 bridgehead atoms. The van der Waals surface area contributed by atoms with Crippen molar-refractivity contribution in [3.05, 3.63) is 53.1 Å². The molecule has 1 saturated carbocycles. The molecule has 2 N–H and O–H groups in total. The Labute approximate surface area is 118 Å². The Morgan fingerprint density at radius 3 is 2.80 bits per heavy atom. The first-order valence-corrected chi connectivity index (χ1v) is 7.02. The summed E-state index contributed by atoms with van der Waals surface area (Å²) in [5.41, 5.74) is 3.75. The van der Waals surface area contributed by atoms with Crippen LogP contribution in [0.2, 0.25) is 0 Å². The van der Waals surface area contributed by atoms with E-state index in [1.165, 1.54) is 5.56 Å². The van der Waals surface area contributed by atoms with E-state index in [0.717, 1.165) is 24.2 Å². The van der Waals surface area contributed by atoms with Gasteiger partial charge in [-0.3, -0.25) is 9.78 Å². The molecular formula is C16H19N3O. The van der Waals surface area contributed by atoms with E-state index in [0.29, 0.717) is 11.5 Å². The molecule has 2 aromatic rings. The minimum absolute atomic E-state index is 0.0241. The van der Waals surface area contributed by atoms with Gasteiger partial charge in [0.2, 0.25) is 0 Å². The fourth-order valence-corrected chi connectivity index (χ4v) is 2.51. The first-order chi connectivity index (χ1) is 9.65. The monoisotopic (exact) mass is 269 g/mol. The number of rotatable bonds is 4. The number of carbonyl (C=O) groups is 1. The maximum Gasteiger partial charge on any atom is 0.253 e. The molecule has 0 radical (unpaired) electrons. The number of aromatic amines is 1. The van der Waals surface area contributed by atoms with Gasteiger partial charge in [0.1, 0.15) is 0 Å². The average Bonchev–Trinajstić information content (AvgIpc) is 3.17. The summed E-state index contributed by atoms with van der Waals surface area (Å²) < 4.78 is 0. The zero-order valence-corrected chi connectivity index (χ0v) is 11.8. The number of hydrogen-bond donors (Lipinski definition) is 2. The lowest BCUT2D eigenvalue weighted by Crippen LogP contribution is -2.30. The van der Waals surface area contributed by atoms with E-state index >= 15 is 0 Å². The number of pyridine rings is 1. The van der Waals surface area contributed by atoms with Gasteiger partial charge >= 0.3 is 0 Å². The van der Waals surface area contributed by atoms with Crippen molar-refractivity contribution in [1.82, 2.24) is 15.3 Å². The van der Waals surface area contributed by atoms with E-state index in [1.54, 1.807) is 6.20 Å². The van der Waals surface area contributed by atoms with E-state index in [1.807, 2.05) is 32.2 Å². The van der Waals surface area contributed by atoms with Crippen LogP contribution < -0.4 is 5.32 Å². The third-order valence-corrected chi connectivity index (χ3v) is 3.83. The smallest absolute Gasteiger partial charge is 0.253 e. The number of hydrogen-bond acceptors (Lipinski definition) is 2. The first-order valence-electron chi connectivity index (χ1n) is 7.02. The molecule has 2 aromatic heterocycles. The van der Waals surface area contributed by atoms with Gasteiger partial charge in [0, 0.05) is 18.1 Å². The fraction of sp³-hybridized carbons (Fsp3) is 0.375. The summed E-state index contributed by atoms with van der Waals surface area (Å²) in [6.07, 6.45) is 5.93. The zero-order chi connectivity index (χ0) is 14.1. The van der Waals surface area contributed by atoms with E-state index in [4.69, 9.17) is 0 Å². The van der Waals surface area contributed by atoms with Crippen LogP contribution in [0.5, 0.6) is 0 Å². The van der Waals surface area contributed by atoms with Crippen LogP contribution in [0.4, 0.5) is 0 Å². The quantitative estimate of drug-likeness (QED) is 0.896. The highest BCUT2D eigenvalue weighted by molar-refractivity contribution is 5.95. The average molecular weight is 269 g/mol. The topological polar surface area (TPSA) is 57.8 Å². The van der Waals surface area contributed by atoms with E-state index in [-0.39, 0.29) is 11.9 Å². The second kappa shape index (κ2) is 5.12. The largest absolute Gasteiger partial charge is 0.365 e. The fourth-order valence-electron chi connectivity index (χ4n) is 2.51. The van der Waals surface area contributed by atoms with Crippen LogP contribution in [0.1, 0.15) is 46.2 Å². The predicted molar refractivity (Wildman–Crippen MR) is 77.4 cm³/mol. The van der Waals surface area contributed by atoms with Gasteiger partial charge in [0.15, 0.2) is 0 Å². The van der Waals surface area contributed by atoms with Crippen LogP contribution in [0.15, 0.2) is 30.6 Å². The Bertz CT molecular complexity index is 628. The highest BCUT2D eigenvalue weighted by Crippen LogP contribution is 2.40. The first kappa shape index (κ1) is 12.9. The van der Waals surface area contributed by atoms with Crippen LogP contribution in [-0.2, 0) is 0 Å². The molecular weight excluding hydrogens is 250 g/mol. The molecule has 2 heterocycles. The van der Waals surface area contributed by atoms with E-state index < -0.39 is 0 Å². The number of aryl methyl sites for hydroxylation is 2. The van der Waals surface area contributed by atoms with Gasteiger partial charge in [-0.15, -0.1) is 0 Å². The SMILES string of the molecule is Cc1ccnc(C(NC(=O)c2cc[nH]c2C)C2CC2)c1. The zero-order valence-electron chi connectivity index (χ0n) is 11.8. The Balaban J connectivity index is 1.82. The molecule has 1 aliphatic rings. The maximum absolute atomic E-state index is 12.4. The summed E-state index contributed by atoms with van der Waals surface area (Å²) in [6, 6.07) is 5.88. The lowest BCUT2D eigenvalue weighted by atomic mass is 10.1. The van der Waals surface area contributed by atoms with Crippen molar-refractivity contribution in [2.24, 2.45) is 5.92 Å². The number of nitrogens with one attached hydrogen (secondary N) is 2. The molecule has 0 aromatic carbocycles. The van der Waals surface area contributed by atoms with Crippen molar-refractivity contribution in [3.8, 4) is 0 Å². The minimum atomic E-state index is -0.0241. The van der Waals surface area contributed by atoms with Crippen molar-refractivity contribution in [2.45, 2.75) is 32.7 Å². The summed E-state index contributed by atoms with van der Waals surface area (Å²) in [5, 5.41) is 3.14. The Morgan fingerprint density at radius 2 is 2.20 bits per heavy atom. The molecule has 1 aliphatic carbocycles. The number of aromatic nitrogens is 2. The summed E-state index contributed by atoms with van der Waals surface area (Å²) in [7, 11) is 0. The van der Waals surface area contributed by atoms with E-state index in [9.17, 15) is 4.79 Å². The molecule has 1 fully saturated rings. The van der Waals surface area contributed by atoms with Crippen molar-refractivity contribution >= 4 is 5.91 Å². The molecule has 20 heavy (non-hydrogen) atoms. The molecule has 1 unspecified atom stereocenters. The molecule has 4 nitrogen and oxygen atoms in total. The van der Waals surface area contributed by atoms with Crippen LogP contribution in [0, 0.1) is 19.8 Å². The molecule has 0 saturated heterocycles. The summed E-state index contributed by atoms with van der Waals surface area (Å²) in [5.74, 6) is 0.497. The predicted octanol–water partition coefficient (Wildman–Crippen LogP) is 2.91. The lowest BCUT2D eigenvalue weighted by Gasteiger charge is -2.18. The number of amides is 1. The van der Waals surface area contributed by atoms with Gasteiger partial charge in [0.25, 0.3) is 5.91 Å². The number of nitrogens with zero attached hydrogens (tertiary/aromatic N) is 1.